The fourth-order valence-corrected chi connectivity index (χ4v) is 2.16. The Morgan fingerprint density at radius 3 is 2.95 bits per heavy atom. The first-order valence-electron chi connectivity index (χ1n) is 6.53. The van der Waals surface area contributed by atoms with Crippen LogP contribution in [-0.4, -0.2) is 35.1 Å². The summed E-state index contributed by atoms with van der Waals surface area (Å²) in [4.78, 5) is 0. The maximum absolute atomic E-state index is 5.73. The van der Waals surface area contributed by atoms with E-state index in [1.54, 1.807) is 7.11 Å². The highest BCUT2D eigenvalue weighted by Crippen LogP contribution is 2.12. The molecule has 5 nitrogen and oxygen atoms in total. The smallest absolute Gasteiger partial charge is 0.195 e. The van der Waals surface area contributed by atoms with Gasteiger partial charge in [-0.15, -0.1) is 0 Å². The van der Waals surface area contributed by atoms with E-state index in [-0.39, 0.29) is 0 Å². The van der Waals surface area contributed by atoms with Crippen LogP contribution in [0.4, 0.5) is 0 Å². The number of benzene rings is 1. The molecule has 20 heavy (non-hydrogen) atoms. The number of aromatic amines is 1. The van der Waals surface area contributed by atoms with Crippen molar-refractivity contribution in [2.24, 2.45) is 0 Å². The van der Waals surface area contributed by atoms with Crippen LogP contribution in [0.25, 0.3) is 0 Å². The molecule has 1 N–H and O–H groups in total. The largest absolute Gasteiger partial charge is 0.493 e. The molecule has 0 fully saturated rings. The molecule has 108 valence electrons. The van der Waals surface area contributed by atoms with Gasteiger partial charge in [0.2, 0.25) is 0 Å². The lowest BCUT2D eigenvalue weighted by atomic mass is 10.2. The SMILES string of the molecule is COCCn1c(CCOc2cccc(C)c2)n[nH]c1=S. The van der Waals surface area contributed by atoms with Crippen molar-refractivity contribution in [3.63, 3.8) is 0 Å². The Morgan fingerprint density at radius 2 is 2.20 bits per heavy atom. The lowest BCUT2D eigenvalue weighted by Crippen LogP contribution is -2.12. The van der Waals surface area contributed by atoms with Crippen LogP contribution in [0.1, 0.15) is 11.4 Å². The molecule has 0 atom stereocenters. The number of hydrogen-bond acceptors (Lipinski definition) is 4. The Balaban J connectivity index is 1.92. The summed E-state index contributed by atoms with van der Waals surface area (Å²) in [6.07, 6.45) is 0.699. The second kappa shape index (κ2) is 7.21. The van der Waals surface area contributed by atoms with Crippen LogP contribution in [0.5, 0.6) is 5.75 Å². The summed E-state index contributed by atoms with van der Waals surface area (Å²) in [6.45, 7) is 3.92. The average Bonchev–Trinajstić information content (AvgIpc) is 2.77. The van der Waals surface area contributed by atoms with Gasteiger partial charge in [-0.05, 0) is 36.8 Å². The van der Waals surface area contributed by atoms with Crippen molar-refractivity contribution < 1.29 is 9.47 Å². The van der Waals surface area contributed by atoms with Crippen molar-refractivity contribution in [3.05, 3.63) is 40.4 Å². The molecule has 0 saturated carbocycles. The van der Waals surface area contributed by atoms with Gasteiger partial charge in [-0.2, -0.15) is 5.10 Å². The monoisotopic (exact) mass is 293 g/mol. The molecule has 0 unspecified atom stereocenters. The average molecular weight is 293 g/mol. The summed E-state index contributed by atoms with van der Waals surface area (Å²) in [6, 6.07) is 8.00. The lowest BCUT2D eigenvalue weighted by Gasteiger charge is -2.08. The zero-order chi connectivity index (χ0) is 14.4. The topological polar surface area (TPSA) is 52.1 Å². The predicted octanol–water partition coefficient (Wildman–Crippen LogP) is 2.52. The van der Waals surface area contributed by atoms with Gasteiger partial charge in [-0.25, -0.2) is 0 Å². The van der Waals surface area contributed by atoms with Crippen molar-refractivity contribution >= 4 is 12.2 Å². The molecule has 0 aliphatic heterocycles. The first-order chi connectivity index (χ1) is 9.70. The van der Waals surface area contributed by atoms with E-state index in [0.717, 1.165) is 11.6 Å². The molecule has 0 bridgehead atoms. The van der Waals surface area contributed by atoms with Crippen LogP contribution in [0.15, 0.2) is 24.3 Å². The third-order valence-corrected chi connectivity index (χ3v) is 3.25. The van der Waals surface area contributed by atoms with Crippen molar-refractivity contribution in [1.29, 1.82) is 0 Å². The van der Waals surface area contributed by atoms with Gasteiger partial charge >= 0.3 is 0 Å². The van der Waals surface area contributed by atoms with Gasteiger partial charge in [-0.1, -0.05) is 12.1 Å². The molecule has 1 heterocycles. The van der Waals surface area contributed by atoms with E-state index in [4.69, 9.17) is 21.7 Å². The standard InChI is InChI=1S/C14H19N3O2S/c1-11-4-3-5-12(10-11)19-8-6-13-15-16-14(20)17(13)7-9-18-2/h3-5,10H,6-9H2,1-2H3,(H,16,20). The number of nitrogens with zero attached hydrogens (tertiary/aromatic N) is 2. The number of aromatic nitrogens is 3. The van der Waals surface area contributed by atoms with Gasteiger partial charge in [-0.3, -0.25) is 5.10 Å². The Morgan fingerprint density at radius 1 is 1.35 bits per heavy atom. The summed E-state index contributed by atoms with van der Waals surface area (Å²) < 4.78 is 13.4. The lowest BCUT2D eigenvalue weighted by molar-refractivity contribution is 0.185. The van der Waals surface area contributed by atoms with E-state index in [1.165, 1.54) is 5.56 Å². The van der Waals surface area contributed by atoms with Gasteiger partial charge in [0.1, 0.15) is 11.6 Å². The summed E-state index contributed by atoms with van der Waals surface area (Å²) in [7, 11) is 1.67. The van der Waals surface area contributed by atoms with Crippen LogP contribution >= 0.6 is 12.2 Å². The number of hydrogen-bond donors (Lipinski definition) is 1. The van der Waals surface area contributed by atoms with Gasteiger partial charge < -0.3 is 14.0 Å². The molecule has 6 heteroatoms. The third-order valence-electron chi connectivity index (χ3n) is 2.94. The van der Waals surface area contributed by atoms with Crippen LogP contribution in [0, 0.1) is 11.7 Å². The van der Waals surface area contributed by atoms with E-state index in [1.807, 2.05) is 35.8 Å². The van der Waals surface area contributed by atoms with Crippen molar-refractivity contribution in [1.82, 2.24) is 14.8 Å². The van der Waals surface area contributed by atoms with Crippen molar-refractivity contribution in [2.75, 3.05) is 20.3 Å². The van der Waals surface area contributed by atoms with Gasteiger partial charge in [0, 0.05) is 20.1 Å². The van der Waals surface area contributed by atoms with E-state index < -0.39 is 0 Å². The highest BCUT2D eigenvalue weighted by molar-refractivity contribution is 7.71. The zero-order valence-electron chi connectivity index (χ0n) is 11.8. The Bertz CT molecular complexity index is 606. The van der Waals surface area contributed by atoms with Crippen LogP contribution in [-0.2, 0) is 17.7 Å². The van der Waals surface area contributed by atoms with E-state index >= 15 is 0 Å². The summed E-state index contributed by atoms with van der Waals surface area (Å²) in [5.41, 5.74) is 1.19. The Labute approximate surface area is 123 Å². The molecule has 0 radical (unpaired) electrons. The first kappa shape index (κ1) is 14.7. The molecule has 0 aliphatic rings. The summed E-state index contributed by atoms with van der Waals surface area (Å²) in [5, 5.41) is 7.04. The van der Waals surface area contributed by atoms with Crippen molar-refractivity contribution in [2.45, 2.75) is 19.9 Å². The molecule has 0 spiro atoms. The highest BCUT2D eigenvalue weighted by Gasteiger charge is 2.06. The Hall–Kier alpha value is -1.66. The molecular formula is C14H19N3O2S. The number of methoxy groups -OCH3 is 1. The fourth-order valence-electron chi connectivity index (χ4n) is 1.92. The molecule has 2 rings (SSSR count). The minimum atomic E-state index is 0.566. The van der Waals surface area contributed by atoms with Gasteiger partial charge in [0.05, 0.1) is 13.2 Å². The second-order valence-corrected chi connectivity index (χ2v) is 4.89. The summed E-state index contributed by atoms with van der Waals surface area (Å²) >= 11 is 5.20. The molecule has 0 amide bonds. The maximum Gasteiger partial charge on any atom is 0.195 e. The molecule has 0 saturated heterocycles. The van der Waals surface area contributed by atoms with Crippen LogP contribution in [0.2, 0.25) is 0 Å². The predicted molar refractivity (Wildman–Crippen MR) is 79.7 cm³/mol. The quantitative estimate of drug-likeness (QED) is 0.797. The molecule has 1 aromatic carbocycles. The van der Waals surface area contributed by atoms with E-state index in [0.29, 0.717) is 31.0 Å². The molecule has 0 aliphatic carbocycles. The highest BCUT2D eigenvalue weighted by atomic mass is 32.1. The van der Waals surface area contributed by atoms with Crippen LogP contribution < -0.4 is 4.74 Å². The molecule has 2 aromatic rings. The number of H-pyrrole nitrogens is 1. The van der Waals surface area contributed by atoms with Crippen LogP contribution in [0.3, 0.4) is 0 Å². The zero-order valence-corrected chi connectivity index (χ0v) is 12.6. The first-order valence-corrected chi connectivity index (χ1v) is 6.94. The number of aryl methyl sites for hydroxylation is 1. The second-order valence-electron chi connectivity index (χ2n) is 4.50. The normalized spacial score (nSPS) is 10.7. The maximum atomic E-state index is 5.73. The van der Waals surface area contributed by atoms with E-state index in [2.05, 4.69) is 10.2 Å². The van der Waals surface area contributed by atoms with Gasteiger partial charge in [0.25, 0.3) is 0 Å². The van der Waals surface area contributed by atoms with Gasteiger partial charge in [0.15, 0.2) is 4.77 Å². The van der Waals surface area contributed by atoms with Crippen molar-refractivity contribution in [3.8, 4) is 5.75 Å². The number of nitrogens with one attached hydrogen (secondary N) is 1. The Kier molecular flexibility index (Phi) is 5.31. The number of rotatable bonds is 7. The molecular weight excluding hydrogens is 274 g/mol. The third kappa shape index (κ3) is 3.91. The number of ether oxygens (including phenoxy) is 2. The minimum Gasteiger partial charge on any atom is -0.493 e. The fraction of sp³-hybridized carbons (Fsp3) is 0.429. The van der Waals surface area contributed by atoms with E-state index in [9.17, 15) is 0 Å². The molecule has 1 aromatic heterocycles. The minimum absolute atomic E-state index is 0.566. The summed E-state index contributed by atoms with van der Waals surface area (Å²) in [5.74, 6) is 1.77.